The van der Waals surface area contributed by atoms with Gasteiger partial charge in [-0.1, -0.05) is 29.8 Å². The average molecular weight is 461 g/mol. The van der Waals surface area contributed by atoms with Crippen molar-refractivity contribution in [2.45, 2.75) is 45.1 Å². The van der Waals surface area contributed by atoms with Gasteiger partial charge in [0.2, 0.25) is 0 Å². The fourth-order valence-electron chi connectivity index (χ4n) is 2.84. The molecule has 0 heterocycles. The monoisotopic (exact) mass is 461 g/mol. The predicted octanol–water partition coefficient (Wildman–Crippen LogP) is 3.92. The van der Waals surface area contributed by atoms with Crippen LogP contribution in [0, 0.1) is 5.82 Å². The van der Waals surface area contributed by atoms with Gasteiger partial charge in [0.05, 0.1) is 6.54 Å². The molecular formula is C19H29FIN3O. The highest BCUT2D eigenvalue weighted by atomic mass is 127. The Hall–Kier alpha value is -1.15. The molecule has 1 aromatic rings. The Labute approximate surface area is 167 Å². The second-order valence-corrected chi connectivity index (χ2v) is 6.04. The average Bonchev–Trinajstić information content (AvgIpc) is 2.60. The molecule has 0 amide bonds. The number of nitrogens with zero attached hydrogens (tertiary/aromatic N) is 1. The van der Waals surface area contributed by atoms with Crippen LogP contribution in [-0.2, 0) is 0 Å². The standard InChI is InChI=1S/C19H28FN3O.HI/c1-2-21-19(22-13-12-15-8-4-3-5-9-15)23-14-18(24)16-10-6-7-11-17(16)20;/h6-8,10-11,18,24H,2-5,9,12-14H2,1H3,(H2,21,22,23);1H. The summed E-state index contributed by atoms with van der Waals surface area (Å²) in [6.07, 6.45) is 7.39. The molecule has 1 aromatic carbocycles. The van der Waals surface area contributed by atoms with Crippen LogP contribution < -0.4 is 10.6 Å². The molecule has 1 atom stereocenters. The van der Waals surface area contributed by atoms with E-state index >= 15 is 0 Å². The number of aliphatic hydroxyl groups excluding tert-OH is 1. The molecule has 0 aromatic heterocycles. The number of allylic oxidation sites excluding steroid dienone is 1. The lowest BCUT2D eigenvalue weighted by molar-refractivity contribution is 0.182. The number of halogens is 2. The van der Waals surface area contributed by atoms with Crippen molar-refractivity contribution in [1.82, 2.24) is 10.6 Å². The summed E-state index contributed by atoms with van der Waals surface area (Å²) in [5, 5.41) is 16.6. The number of benzene rings is 1. The first-order chi connectivity index (χ1) is 11.7. The molecule has 0 aliphatic heterocycles. The summed E-state index contributed by atoms with van der Waals surface area (Å²) < 4.78 is 13.7. The van der Waals surface area contributed by atoms with E-state index in [4.69, 9.17) is 0 Å². The maximum atomic E-state index is 13.7. The molecular weight excluding hydrogens is 432 g/mol. The van der Waals surface area contributed by atoms with Gasteiger partial charge in [-0.2, -0.15) is 0 Å². The Bertz CT molecular complexity index is 578. The van der Waals surface area contributed by atoms with Crippen LogP contribution in [-0.4, -0.2) is 30.7 Å². The van der Waals surface area contributed by atoms with Gasteiger partial charge in [-0.3, -0.25) is 4.99 Å². The molecule has 0 radical (unpaired) electrons. The molecule has 0 saturated heterocycles. The minimum Gasteiger partial charge on any atom is -0.386 e. The first kappa shape index (κ1) is 21.9. The van der Waals surface area contributed by atoms with E-state index in [1.54, 1.807) is 18.2 Å². The first-order valence-corrected chi connectivity index (χ1v) is 8.83. The Kier molecular flexibility index (Phi) is 10.7. The van der Waals surface area contributed by atoms with Gasteiger partial charge in [0.15, 0.2) is 5.96 Å². The quantitative estimate of drug-likeness (QED) is 0.250. The predicted molar refractivity (Wildman–Crippen MR) is 112 cm³/mol. The summed E-state index contributed by atoms with van der Waals surface area (Å²) in [6, 6.07) is 6.27. The molecule has 4 nitrogen and oxygen atoms in total. The molecule has 6 heteroatoms. The second kappa shape index (κ2) is 12.2. The second-order valence-electron chi connectivity index (χ2n) is 6.04. The molecule has 25 heavy (non-hydrogen) atoms. The van der Waals surface area contributed by atoms with E-state index in [1.165, 1.54) is 37.3 Å². The first-order valence-electron chi connectivity index (χ1n) is 8.83. The molecule has 0 fully saturated rings. The van der Waals surface area contributed by atoms with E-state index in [2.05, 4.69) is 21.7 Å². The van der Waals surface area contributed by atoms with E-state index in [0.717, 1.165) is 19.5 Å². The summed E-state index contributed by atoms with van der Waals surface area (Å²) in [7, 11) is 0. The van der Waals surface area contributed by atoms with Gasteiger partial charge in [-0.15, -0.1) is 24.0 Å². The van der Waals surface area contributed by atoms with Gasteiger partial charge >= 0.3 is 0 Å². The molecule has 1 aliphatic carbocycles. The number of hydrogen-bond donors (Lipinski definition) is 3. The summed E-state index contributed by atoms with van der Waals surface area (Å²) in [4.78, 5) is 4.37. The van der Waals surface area contributed by atoms with Gasteiger partial charge in [0.1, 0.15) is 11.9 Å². The number of aliphatic hydroxyl groups is 1. The van der Waals surface area contributed by atoms with Crippen LogP contribution in [0.4, 0.5) is 4.39 Å². The van der Waals surface area contributed by atoms with Crippen LogP contribution in [0.5, 0.6) is 0 Å². The largest absolute Gasteiger partial charge is 0.386 e. The lowest BCUT2D eigenvalue weighted by atomic mass is 9.97. The van der Waals surface area contributed by atoms with Crippen molar-refractivity contribution in [2.75, 3.05) is 19.6 Å². The Balaban J connectivity index is 0.00000312. The van der Waals surface area contributed by atoms with Gasteiger partial charge in [-0.25, -0.2) is 4.39 Å². The zero-order valence-corrected chi connectivity index (χ0v) is 17.1. The topological polar surface area (TPSA) is 56.7 Å². The summed E-state index contributed by atoms with van der Waals surface area (Å²) in [5.74, 6) is 0.256. The highest BCUT2D eigenvalue weighted by molar-refractivity contribution is 14.0. The van der Waals surface area contributed by atoms with Crippen molar-refractivity contribution in [3.05, 3.63) is 47.3 Å². The van der Waals surface area contributed by atoms with E-state index < -0.39 is 11.9 Å². The van der Waals surface area contributed by atoms with E-state index in [9.17, 15) is 9.50 Å². The van der Waals surface area contributed by atoms with E-state index in [0.29, 0.717) is 5.96 Å². The van der Waals surface area contributed by atoms with Crippen LogP contribution in [0.1, 0.15) is 50.7 Å². The molecule has 140 valence electrons. The maximum absolute atomic E-state index is 13.7. The van der Waals surface area contributed by atoms with Crippen LogP contribution in [0.25, 0.3) is 0 Å². The third kappa shape index (κ3) is 7.73. The van der Waals surface area contributed by atoms with Crippen molar-refractivity contribution in [2.24, 2.45) is 4.99 Å². The minimum absolute atomic E-state index is 0. The zero-order chi connectivity index (χ0) is 17.2. The Morgan fingerprint density at radius 3 is 2.76 bits per heavy atom. The highest BCUT2D eigenvalue weighted by Crippen LogP contribution is 2.19. The molecule has 3 N–H and O–H groups in total. The molecule has 2 rings (SSSR count). The number of hydrogen-bond acceptors (Lipinski definition) is 2. The lowest BCUT2D eigenvalue weighted by Gasteiger charge is -2.16. The number of guanidine groups is 1. The summed E-state index contributed by atoms with van der Waals surface area (Å²) >= 11 is 0. The minimum atomic E-state index is -0.942. The molecule has 1 unspecified atom stereocenters. The van der Waals surface area contributed by atoms with Crippen molar-refractivity contribution in [1.29, 1.82) is 0 Å². The van der Waals surface area contributed by atoms with E-state index in [1.807, 2.05) is 6.92 Å². The van der Waals surface area contributed by atoms with Crippen LogP contribution >= 0.6 is 24.0 Å². The number of rotatable bonds is 7. The lowest BCUT2D eigenvalue weighted by Crippen LogP contribution is -2.38. The Morgan fingerprint density at radius 2 is 2.08 bits per heavy atom. The van der Waals surface area contributed by atoms with Gasteiger partial charge in [-0.05, 0) is 45.1 Å². The van der Waals surface area contributed by atoms with Crippen LogP contribution in [0.3, 0.4) is 0 Å². The molecule has 1 aliphatic rings. The van der Waals surface area contributed by atoms with Crippen molar-refractivity contribution < 1.29 is 9.50 Å². The summed E-state index contributed by atoms with van der Waals surface area (Å²) in [6.45, 7) is 3.67. The van der Waals surface area contributed by atoms with Crippen molar-refractivity contribution in [3.8, 4) is 0 Å². The van der Waals surface area contributed by atoms with Gasteiger partial charge in [0, 0.05) is 18.7 Å². The molecule has 0 spiro atoms. The van der Waals surface area contributed by atoms with Crippen LogP contribution in [0.15, 0.2) is 40.9 Å². The molecule has 0 bridgehead atoms. The maximum Gasteiger partial charge on any atom is 0.191 e. The van der Waals surface area contributed by atoms with Gasteiger partial charge < -0.3 is 15.7 Å². The highest BCUT2D eigenvalue weighted by Gasteiger charge is 2.12. The summed E-state index contributed by atoms with van der Waals surface area (Å²) in [5.41, 5.74) is 1.79. The Morgan fingerprint density at radius 1 is 1.28 bits per heavy atom. The van der Waals surface area contributed by atoms with Crippen molar-refractivity contribution in [3.63, 3.8) is 0 Å². The third-order valence-electron chi connectivity index (χ3n) is 4.15. The van der Waals surface area contributed by atoms with Gasteiger partial charge in [0.25, 0.3) is 0 Å². The third-order valence-corrected chi connectivity index (χ3v) is 4.15. The van der Waals surface area contributed by atoms with Crippen LogP contribution in [0.2, 0.25) is 0 Å². The number of aliphatic imine (C=N–C) groups is 1. The fourth-order valence-corrected chi connectivity index (χ4v) is 2.84. The SMILES string of the molecule is CCNC(=NCC(O)c1ccccc1F)NCCC1=CCCCC1.I. The van der Waals surface area contributed by atoms with Crippen molar-refractivity contribution >= 4 is 29.9 Å². The fraction of sp³-hybridized carbons (Fsp3) is 0.526. The zero-order valence-electron chi connectivity index (χ0n) is 14.8. The molecule has 0 saturated carbocycles. The van der Waals surface area contributed by atoms with E-state index in [-0.39, 0.29) is 36.1 Å². The smallest absolute Gasteiger partial charge is 0.191 e. The normalized spacial score (nSPS) is 15.8. The number of nitrogens with one attached hydrogen (secondary N) is 2.